The topological polar surface area (TPSA) is 78.9 Å². The third-order valence-corrected chi connectivity index (χ3v) is 6.94. The predicted octanol–water partition coefficient (Wildman–Crippen LogP) is 3.32. The molecule has 2 aliphatic rings. The van der Waals surface area contributed by atoms with Gasteiger partial charge < -0.3 is 14.2 Å². The third-order valence-electron chi connectivity index (χ3n) is 5.36. The molecule has 0 radical (unpaired) electrons. The Balaban J connectivity index is 1.79. The Labute approximate surface area is 165 Å². The van der Waals surface area contributed by atoms with E-state index in [1.54, 1.807) is 12.1 Å². The Bertz CT molecular complexity index is 800. The molecule has 1 saturated carbocycles. The molecule has 1 saturated heterocycles. The monoisotopic (exact) mass is 416 g/mol. The van der Waals surface area contributed by atoms with E-state index in [9.17, 15) is 13.2 Å². The number of methoxy groups -OCH3 is 1. The summed E-state index contributed by atoms with van der Waals surface area (Å²) >= 11 is 6.17. The second kappa shape index (κ2) is 8.07. The molecule has 3 rings (SSSR count). The minimum Gasteiger partial charge on any atom is -0.469 e. The molecule has 8 heteroatoms. The lowest BCUT2D eigenvalue weighted by atomic mass is 9.87. The van der Waals surface area contributed by atoms with E-state index >= 15 is 0 Å². The van der Waals surface area contributed by atoms with Crippen molar-refractivity contribution in [2.45, 2.75) is 48.7 Å². The van der Waals surface area contributed by atoms with E-state index in [0.717, 1.165) is 31.9 Å². The van der Waals surface area contributed by atoms with E-state index in [-0.39, 0.29) is 21.8 Å². The average molecular weight is 417 g/mol. The minimum absolute atomic E-state index is 0.0559. The molecule has 150 valence electrons. The summed E-state index contributed by atoms with van der Waals surface area (Å²) in [6.45, 7) is 1.41. The highest BCUT2D eigenvalue weighted by atomic mass is 35.5. The Morgan fingerprint density at radius 3 is 2.67 bits per heavy atom. The van der Waals surface area contributed by atoms with E-state index in [1.165, 1.54) is 13.2 Å². The fraction of sp³-hybridized carbons (Fsp3) is 0.632. The quantitative estimate of drug-likeness (QED) is 0.685. The Hall–Kier alpha value is -1.15. The van der Waals surface area contributed by atoms with Gasteiger partial charge in [-0.05, 0) is 42.9 Å². The summed E-state index contributed by atoms with van der Waals surface area (Å²) in [7, 11) is -2.07. The van der Waals surface area contributed by atoms with Crippen molar-refractivity contribution in [3.05, 3.63) is 28.8 Å². The van der Waals surface area contributed by atoms with Gasteiger partial charge in [-0.15, -0.1) is 0 Å². The number of halogens is 1. The van der Waals surface area contributed by atoms with Crippen molar-refractivity contribution in [3.63, 3.8) is 0 Å². The summed E-state index contributed by atoms with van der Waals surface area (Å²) in [5.74, 6) is -1.13. The summed E-state index contributed by atoms with van der Waals surface area (Å²) in [6, 6.07) is 4.65. The summed E-state index contributed by atoms with van der Waals surface area (Å²) in [6.07, 6.45) is 5.06. The number of hydrogen-bond donors (Lipinski definition) is 0. The van der Waals surface area contributed by atoms with Crippen molar-refractivity contribution in [1.29, 1.82) is 0 Å². The molecule has 0 bridgehead atoms. The molecule has 2 unspecified atom stereocenters. The Kier molecular flexibility index (Phi) is 6.15. The van der Waals surface area contributed by atoms with Crippen LogP contribution < -0.4 is 0 Å². The number of ether oxygens (including phenoxy) is 3. The van der Waals surface area contributed by atoms with E-state index in [4.69, 9.17) is 25.8 Å². The zero-order valence-corrected chi connectivity index (χ0v) is 17.1. The first-order chi connectivity index (χ1) is 12.7. The number of hydrogen-bond acceptors (Lipinski definition) is 6. The summed E-state index contributed by atoms with van der Waals surface area (Å²) in [5.41, 5.74) is 0.658. The lowest BCUT2D eigenvalue weighted by Gasteiger charge is -2.34. The Morgan fingerprint density at radius 2 is 2.07 bits per heavy atom. The van der Waals surface area contributed by atoms with Crippen molar-refractivity contribution >= 4 is 27.4 Å². The van der Waals surface area contributed by atoms with Crippen molar-refractivity contribution in [2.24, 2.45) is 5.92 Å². The molecule has 1 aromatic carbocycles. The molecule has 1 aliphatic carbocycles. The maximum atomic E-state index is 12.4. The highest BCUT2D eigenvalue weighted by molar-refractivity contribution is 7.90. The van der Waals surface area contributed by atoms with Crippen LogP contribution in [0.4, 0.5) is 0 Å². The highest BCUT2D eigenvalue weighted by Gasteiger charge is 2.44. The molecule has 1 heterocycles. The number of sulfone groups is 1. The van der Waals surface area contributed by atoms with Crippen LogP contribution in [0.25, 0.3) is 0 Å². The van der Waals surface area contributed by atoms with Gasteiger partial charge in [0.2, 0.25) is 0 Å². The van der Waals surface area contributed by atoms with Gasteiger partial charge in [0.25, 0.3) is 0 Å². The van der Waals surface area contributed by atoms with Crippen molar-refractivity contribution in [1.82, 2.24) is 0 Å². The second-order valence-corrected chi connectivity index (χ2v) is 9.73. The van der Waals surface area contributed by atoms with E-state index in [0.29, 0.717) is 25.2 Å². The zero-order chi connectivity index (χ0) is 19.7. The van der Waals surface area contributed by atoms with Gasteiger partial charge in [-0.3, -0.25) is 4.79 Å². The molecule has 6 nitrogen and oxygen atoms in total. The minimum atomic E-state index is -3.42. The fourth-order valence-electron chi connectivity index (χ4n) is 4.03. The SMILES string of the molecule is COC(=O)C(CC1CCC2(C1)OCCCO2)c1ccc(S(C)(=O)=O)c(Cl)c1. The summed E-state index contributed by atoms with van der Waals surface area (Å²) in [5, 5.41) is 0.116. The van der Waals surface area contributed by atoms with Gasteiger partial charge in [0.15, 0.2) is 15.6 Å². The summed E-state index contributed by atoms with van der Waals surface area (Å²) < 4.78 is 40.3. The van der Waals surface area contributed by atoms with Crippen molar-refractivity contribution in [2.75, 3.05) is 26.6 Å². The van der Waals surface area contributed by atoms with Gasteiger partial charge in [-0.25, -0.2) is 8.42 Å². The lowest BCUT2D eigenvalue weighted by molar-refractivity contribution is -0.263. The molecule has 0 aromatic heterocycles. The maximum absolute atomic E-state index is 12.4. The number of esters is 1. The van der Waals surface area contributed by atoms with Crippen LogP contribution in [-0.2, 0) is 28.8 Å². The maximum Gasteiger partial charge on any atom is 0.313 e. The highest BCUT2D eigenvalue weighted by Crippen LogP contribution is 2.44. The predicted molar refractivity (Wildman–Crippen MR) is 101 cm³/mol. The Morgan fingerprint density at radius 1 is 1.37 bits per heavy atom. The summed E-state index contributed by atoms with van der Waals surface area (Å²) in [4.78, 5) is 12.5. The largest absolute Gasteiger partial charge is 0.469 e. The number of carbonyl (C=O) groups excluding carboxylic acids is 1. The van der Waals surface area contributed by atoms with Crippen LogP contribution in [-0.4, -0.2) is 46.8 Å². The van der Waals surface area contributed by atoms with Crippen LogP contribution in [0.1, 0.15) is 43.6 Å². The molecule has 1 spiro atoms. The number of rotatable bonds is 5. The third kappa shape index (κ3) is 4.65. The van der Waals surface area contributed by atoms with Crippen LogP contribution in [0.5, 0.6) is 0 Å². The zero-order valence-electron chi connectivity index (χ0n) is 15.6. The van der Waals surface area contributed by atoms with Gasteiger partial charge in [0.05, 0.1) is 36.2 Å². The molecule has 0 N–H and O–H groups in total. The van der Waals surface area contributed by atoms with Crippen molar-refractivity contribution in [3.8, 4) is 0 Å². The molecule has 1 aromatic rings. The van der Waals surface area contributed by atoms with Crippen LogP contribution in [0.2, 0.25) is 5.02 Å². The second-order valence-electron chi connectivity index (χ2n) is 7.34. The van der Waals surface area contributed by atoms with Crippen LogP contribution in [0, 0.1) is 5.92 Å². The molecule has 2 atom stereocenters. The molecule has 27 heavy (non-hydrogen) atoms. The van der Waals surface area contributed by atoms with Crippen LogP contribution in [0.15, 0.2) is 23.1 Å². The van der Waals surface area contributed by atoms with Gasteiger partial charge in [0.1, 0.15) is 0 Å². The normalized spacial score (nSPS) is 23.3. The van der Waals surface area contributed by atoms with Gasteiger partial charge in [0, 0.05) is 19.1 Å². The number of benzene rings is 1. The first kappa shape index (κ1) is 20.6. The first-order valence-electron chi connectivity index (χ1n) is 9.09. The molecule has 2 fully saturated rings. The van der Waals surface area contributed by atoms with Gasteiger partial charge >= 0.3 is 5.97 Å². The molecular weight excluding hydrogens is 392 g/mol. The van der Waals surface area contributed by atoms with Crippen LogP contribution in [0.3, 0.4) is 0 Å². The lowest BCUT2D eigenvalue weighted by Crippen LogP contribution is -2.38. The van der Waals surface area contributed by atoms with E-state index in [1.807, 2.05) is 0 Å². The van der Waals surface area contributed by atoms with E-state index < -0.39 is 21.5 Å². The molecule has 1 aliphatic heterocycles. The van der Waals surface area contributed by atoms with Gasteiger partial charge in [-0.2, -0.15) is 0 Å². The van der Waals surface area contributed by atoms with E-state index in [2.05, 4.69) is 0 Å². The first-order valence-corrected chi connectivity index (χ1v) is 11.4. The average Bonchev–Trinajstić information content (AvgIpc) is 3.00. The molecular formula is C19H25ClO6S. The van der Waals surface area contributed by atoms with Crippen molar-refractivity contribution < 1.29 is 27.4 Å². The number of carbonyl (C=O) groups is 1. The molecule has 0 amide bonds. The fourth-order valence-corrected chi connectivity index (χ4v) is 5.36. The van der Waals surface area contributed by atoms with Crippen LogP contribution >= 0.6 is 11.6 Å². The smallest absolute Gasteiger partial charge is 0.313 e. The standard InChI is InChI=1S/C19H25ClO6S/c1-24-18(21)15(14-4-5-17(16(20)11-14)27(2,22)23)10-13-6-7-19(12-13)25-8-3-9-26-19/h4-5,11,13,15H,3,6-10,12H2,1-2H3. The van der Waals surface area contributed by atoms with Gasteiger partial charge in [-0.1, -0.05) is 17.7 Å².